The summed E-state index contributed by atoms with van der Waals surface area (Å²) in [7, 11) is 2.01. The van der Waals surface area contributed by atoms with Crippen molar-refractivity contribution in [2.45, 2.75) is 6.92 Å². The van der Waals surface area contributed by atoms with E-state index in [2.05, 4.69) is 16.7 Å². The van der Waals surface area contributed by atoms with Crippen molar-refractivity contribution in [2.24, 2.45) is 7.05 Å². The van der Waals surface area contributed by atoms with Crippen LogP contribution in [0.15, 0.2) is 54.6 Å². The van der Waals surface area contributed by atoms with Gasteiger partial charge in [0.2, 0.25) is 0 Å². The number of fused-ring (bicyclic) bond motifs is 5. The van der Waals surface area contributed by atoms with Crippen LogP contribution in [0.3, 0.4) is 0 Å². The molecule has 0 aliphatic heterocycles. The lowest BCUT2D eigenvalue weighted by Crippen LogP contribution is -2.22. The number of ketones is 2. The van der Waals surface area contributed by atoms with Crippen molar-refractivity contribution in [3.05, 3.63) is 82.4 Å². The molecule has 0 unspecified atom stereocenters. The molecule has 1 aliphatic rings. The van der Waals surface area contributed by atoms with E-state index in [9.17, 15) is 9.59 Å². The van der Waals surface area contributed by atoms with Gasteiger partial charge in [-0.25, -0.2) is 0 Å². The van der Waals surface area contributed by atoms with Crippen LogP contribution in [0.4, 0.5) is 0 Å². The molecule has 25 heavy (non-hydrogen) atoms. The molecule has 0 N–H and O–H groups in total. The van der Waals surface area contributed by atoms with Crippen LogP contribution < -0.4 is 0 Å². The van der Waals surface area contributed by atoms with Crippen molar-refractivity contribution >= 4 is 33.4 Å². The zero-order valence-electron chi connectivity index (χ0n) is 14.0. The summed E-state index contributed by atoms with van der Waals surface area (Å²) in [6.45, 7) is 1.94. The van der Waals surface area contributed by atoms with E-state index in [1.165, 1.54) is 0 Å². The van der Waals surface area contributed by atoms with Crippen LogP contribution in [0, 0.1) is 6.92 Å². The Balaban J connectivity index is 1.98. The zero-order chi connectivity index (χ0) is 17.3. The number of hydrogen-bond acceptors (Lipinski definition) is 2. The molecule has 1 heterocycles. The molecule has 0 saturated heterocycles. The average Bonchev–Trinajstić information content (AvgIpc) is 2.93. The largest absolute Gasteiger partial charge is 0.343 e. The van der Waals surface area contributed by atoms with Crippen molar-refractivity contribution in [3.63, 3.8) is 0 Å². The fourth-order valence-corrected chi connectivity index (χ4v) is 4.19. The average molecular weight is 325 g/mol. The highest BCUT2D eigenvalue weighted by atomic mass is 16.1. The summed E-state index contributed by atoms with van der Waals surface area (Å²) in [6.07, 6.45) is 0. The summed E-state index contributed by atoms with van der Waals surface area (Å²) >= 11 is 0. The van der Waals surface area contributed by atoms with Crippen LogP contribution in [0.2, 0.25) is 0 Å². The quantitative estimate of drug-likeness (QED) is 0.423. The first-order chi connectivity index (χ1) is 12.1. The van der Waals surface area contributed by atoms with Gasteiger partial charge in [-0.05, 0) is 24.6 Å². The van der Waals surface area contributed by atoms with Crippen molar-refractivity contribution in [1.29, 1.82) is 0 Å². The van der Waals surface area contributed by atoms with E-state index in [0.29, 0.717) is 22.3 Å². The molecule has 120 valence electrons. The maximum atomic E-state index is 13.1. The molecule has 0 spiro atoms. The summed E-state index contributed by atoms with van der Waals surface area (Å²) in [5.74, 6) is -0.127. The fraction of sp³-hybridized carbons (Fsp3) is 0.0909. The molecule has 1 aliphatic carbocycles. The van der Waals surface area contributed by atoms with Gasteiger partial charge in [-0.2, -0.15) is 0 Å². The molecular weight excluding hydrogens is 310 g/mol. The van der Waals surface area contributed by atoms with E-state index in [-0.39, 0.29) is 11.6 Å². The minimum atomic E-state index is -0.0665. The van der Waals surface area contributed by atoms with Gasteiger partial charge in [0.15, 0.2) is 11.6 Å². The number of carbonyl (C=O) groups is 2. The van der Waals surface area contributed by atoms with E-state index in [4.69, 9.17) is 0 Å². The number of aromatic nitrogens is 1. The molecule has 5 rings (SSSR count). The Kier molecular flexibility index (Phi) is 2.65. The molecule has 0 bridgehead atoms. The maximum absolute atomic E-state index is 13.1. The van der Waals surface area contributed by atoms with Gasteiger partial charge >= 0.3 is 0 Å². The maximum Gasteiger partial charge on any atom is 0.194 e. The van der Waals surface area contributed by atoms with E-state index >= 15 is 0 Å². The normalized spacial score (nSPS) is 13.4. The smallest absolute Gasteiger partial charge is 0.194 e. The number of benzene rings is 3. The molecule has 0 amide bonds. The van der Waals surface area contributed by atoms with E-state index in [1.807, 2.05) is 32.2 Å². The molecule has 0 radical (unpaired) electrons. The van der Waals surface area contributed by atoms with Crippen molar-refractivity contribution in [3.8, 4) is 0 Å². The molecule has 4 aromatic rings. The lowest BCUT2D eigenvalue weighted by atomic mass is 9.81. The summed E-state index contributed by atoms with van der Waals surface area (Å²) in [4.78, 5) is 26.1. The lowest BCUT2D eigenvalue weighted by molar-refractivity contribution is 0.0979. The van der Waals surface area contributed by atoms with Crippen LogP contribution in [0.1, 0.15) is 37.4 Å². The lowest BCUT2D eigenvalue weighted by Gasteiger charge is -2.20. The Bertz CT molecular complexity index is 1240. The SMILES string of the molecule is Cc1c2c(cc3c4ccccc4n(C)c13)C(=O)c1ccccc1C2=O. The second kappa shape index (κ2) is 4.67. The predicted molar refractivity (Wildman–Crippen MR) is 98.5 cm³/mol. The Morgan fingerprint density at radius 2 is 1.40 bits per heavy atom. The monoisotopic (exact) mass is 325 g/mol. The predicted octanol–water partition coefficient (Wildman–Crippen LogP) is 4.42. The van der Waals surface area contributed by atoms with Gasteiger partial charge in [0.25, 0.3) is 0 Å². The van der Waals surface area contributed by atoms with Crippen LogP contribution in [0.25, 0.3) is 21.8 Å². The highest BCUT2D eigenvalue weighted by Gasteiger charge is 2.32. The first kappa shape index (κ1) is 14.2. The van der Waals surface area contributed by atoms with Gasteiger partial charge in [0.05, 0.1) is 5.52 Å². The first-order valence-corrected chi connectivity index (χ1v) is 8.28. The summed E-state index contributed by atoms with van der Waals surface area (Å²) < 4.78 is 2.11. The second-order valence-corrected chi connectivity index (χ2v) is 6.60. The molecular formula is C22H15NO2. The number of rotatable bonds is 0. The fourth-order valence-electron chi connectivity index (χ4n) is 4.19. The highest BCUT2D eigenvalue weighted by molar-refractivity contribution is 6.31. The van der Waals surface area contributed by atoms with Crippen molar-refractivity contribution in [1.82, 2.24) is 4.57 Å². The molecule has 0 atom stereocenters. The molecule has 0 saturated carbocycles. The number of hydrogen-bond donors (Lipinski definition) is 0. The number of nitrogens with zero attached hydrogens (tertiary/aromatic N) is 1. The number of carbonyl (C=O) groups excluding carboxylic acids is 2. The van der Waals surface area contributed by atoms with Crippen LogP contribution >= 0.6 is 0 Å². The first-order valence-electron chi connectivity index (χ1n) is 8.28. The Morgan fingerprint density at radius 1 is 0.760 bits per heavy atom. The van der Waals surface area contributed by atoms with E-state index in [0.717, 1.165) is 27.4 Å². The minimum Gasteiger partial charge on any atom is -0.343 e. The standard InChI is InChI=1S/C22H15NO2/c1-12-19-17(21(24)14-8-3-4-9-15(14)22(19)25)11-16-13-7-5-6-10-18(13)23(2)20(12)16/h3-11H,1-2H3. The van der Waals surface area contributed by atoms with Crippen LogP contribution in [-0.2, 0) is 7.05 Å². The zero-order valence-corrected chi connectivity index (χ0v) is 14.0. The Labute approximate surface area is 144 Å². The van der Waals surface area contributed by atoms with Gasteiger partial charge in [-0.1, -0.05) is 42.5 Å². The van der Waals surface area contributed by atoms with E-state index < -0.39 is 0 Å². The summed E-state index contributed by atoms with van der Waals surface area (Å²) in [5, 5.41) is 2.12. The van der Waals surface area contributed by atoms with Crippen molar-refractivity contribution < 1.29 is 9.59 Å². The topological polar surface area (TPSA) is 39.1 Å². The Hall–Kier alpha value is -3.20. The summed E-state index contributed by atoms with van der Waals surface area (Å²) in [6, 6.07) is 17.1. The minimum absolute atomic E-state index is 0.0603. The third-order valence-electron chi connectivity index (χ3n) is 5.32. The van der Waals surface area contributed by atoms with Crippen molar-refractivity contribution in [2.75, 3.05) is 0 Å². The van der Waals surface area contributed by atoms with E-state index in [1.54, 1.807) is 24.3 Å². The third-order valence-corrected chi connectivity index (χ3v) is 5.32. The van der Waals surface area contributed by atoms with Gasteiger partial charge < -0.3 is 4.57 Å². The van der Waals surface area contributed by atoms with Gasteiger partial charge in [-0.3, -0.25) is 9.59 Å². The second-order valence-electron chi connectivity index (χ2n) is 6.60. The van der Waals surface area contributed by atoms with Gasteiger partial charge in [-0.15, -0.1) is 0 Å². The van der Waals surface area contributed by atoms with Crippen LogP contribution in [-0.4, -0.2) is 16.1 Å². The third kappa shape index (κ3) is 1.65. The summed E-state index contributed by atoms with van der Waals surface area (Å²) in [5.41, 5.74) is 5.05. The number of aryl methyl sites for hydroxylation is 2. The molecule has 1 aromatic heterocycles. The molecule has 3 aromatic carbocycles. The van der Waals surface area contributed by atoms with Gasteiger partial charge in [0, 0.05) is 45.6 Å². The van der Waals surface area contributed by atoms with Gasteiger partial charge in [0.1, 0.15) is 0 Å². The Morgan fingerprint density at radius 3 is 2.16 bits per heavy atom. The molecule has 0 fully saturated rings. The molecule has 3 nitrogen and oxygen atoms in total. The highest BCUT2D eigenvalue weighted by Crippen LogP contribution is 2.37. The molecule has 3 heteroatoms. The number of para-hydroxylation sites is 1. The van der Waals surface area contributed by atoms with Crippen LogP contribution in [0.5, 0.6) is 0 Å².